The molecule has 25 heavy (non-hydrogen) atoms. The van der Waals surface area contributed by atoms with Crippen LogP contribution in [0, 0.1) is 5.92 Å². The Kier molecular flexibility index (Phi) is 5.59. The van der Waals surface area contributed by atoms with Crippen LogP contribution in [0.15, 0.2) is 36.4 Å². The number of ether oxygens (including phenoxy) is 1. The van der Waals surface area contributed by atoms with Gasteiger partial charge in [-0.1, -0.05) is 44.2 Å². The minimum atomic E-state index is 0.0875. The smallest absolute Gasteiger partial charge is 0.225 e. The maximum absolute atomic E-state index is 12.1. The SMILES string of the molecule is COc1ccc2ccccc2c1CNC1CCN(C(=O)C(C)C)CC1. The van der Waals surface area contributed by atoms with Gasteiger partial charge in [0.05, 0.1) is 7.11 Å². The average molecular weight is 340 g/mol. The first-order chi connectivity index (χ1) is 12.1. The summed E-state index contributed by atoms with van der Waals surface area (Å²) in [4.78, 5) is 14.1. The predicted molar refractivity (Wildman–Crippen MR) is 102 cm³/mol. The van der Waals surface area contributed by atoms with Gasteiger partial charge in [0, 0.05) is 37.2 Å². The summed E-state index contributed by atoms with van der Waals surface area (Å²) in [5, 5.41) is 6.15. The molecule has 1 saturated heterocycles. The van der Waals surface area contributed by atoms with Crippen LogP contribution in [-0.2, 0) is 11.3 Å². The number of amides is 1. The molecule has 2 aromatic rings. The molecule has 134 valence electrons. The van der Waals surface area contributed by atoms with E-state index in [1.165, 1.54) is 16.3 Å². The highest BCUT2D eigenvalue weighted by Gasteiger charge is 2.24. The molecule has 4 nitrogen and oxygen atoms in total. The lowest BCUT2D eigenvalue weighted by Crippen LogP contribution is -2.46. The number of nitrogens with zero attached hydrogens (tertiary/aromatic N) is 1. The Labute approximate surface area is 150 Å². The highest BCUT2D eigenvalue weighted by Crippen LogP contribution is 2.28. The van der Waals surface area contributed by atoms with E-state index in [9.17, 15) is 4.79 Å². The Bertz CT molecular complexity index is 734. The standard InChI is InChI=1S/C21H28N2O2/c1-15(2)21(24)23-12-10-17(11-13-23)22-14-19-18-7-5-4-6-16(18)8-9-20(19)25-3/h4-9,15,17,22H,10-14H2,1-3H3. The van der Waals surface area contributed by atoms with Crippen molar-refractivity contribution in [3.63, 3.8) is 0 Å². The first-order valence-corrected chi connectivity index (χ1v) is 9.17. The molecule has 0 aromatic heterocycles. The summed E-state index contributed by atoms with van der Waals surface area (Å²) in [6, 6.07) is 13.0. The van der Waals surface area contributed by atoms with Crippen LogP contribution in [0.4, 0.5) is 0 Å². The zero-order valence-corrected chi connectivity index (χ0v) is 15.4. The van der Waals surface area contributed by atoms with Crippen molar-refractivity contribution in [2.75, 3.05) is 20.2 Å². The van der Waals surface area contributed by atoms with E-state index in [1.807, 2.05) is 24.8 Å². The summed E-state index contributed by atoms with van der Waals surface area (Å²) in [7, 11) is 1.73. The van der Waals surface area contributed by atoms with Crippen molar-refractivity contribution in [2.45, 2.75) is 39.3 Å². The van der Waals surface area contributed by atoms with Gasteiger partial charge in [-0.05, 0) is 29.7 Å². The van der Waals surface area contributed by atoms with Crippen molar-refractivity contribution in [3.05, 3.63) is 42.0 Å². The molecule has 1 heterocycles. The van der Waals surface area contributed by atoms with Crippen LogP contribution in [-0.4, -0.2) is 37.0 Å². The Morgan fingerprint density at radius 3 is 2.60 bits per heavy atom. The van der Waals surface area contributed by atoms with Crippen molar-refractivity contribution in [1.29, 1.82) is 0 Å². The second kappa shape index (κ2) is 7.87. The average Bonchev–Trinajstić information content (AvgIpc) is 2.65. The van der Waals surface area contributed by atoms with Gasteiger partial charge in [0.1, 0.15) is 5.75 Å². The molecule has 0 bridgehead atoms. The van der Waals surface area contributed by atoms with Crippen LogP contribution in [0.25, 0.3) is 10.8 Å². The highest BCUT2D eigenvalue weighted by atomic mass is 16.5. The quantitative estimate of drug-likeness (QED) is 0.904. The summed E-state index contributed by atoms with van der Waals surface area (Å²) in [6.45, 7) is 6.43. The molecule has 1 aliphatic rings. The minimum absolute atomic E-state index is 0.0875. The Hall–Kier alpha value is -2.07. The molecule has 0 radical (unpaired) electrons. The Morgan fingerprint density at radius 2 is 1.92 bits per heavy atom. The van der Waals surface area contributed by atoms with Gasteiger partial charge >= 0.3 is 0 Å². The fourth-order valence-corrected chi connectivity index (χ4v) is 3.61. The zero-order chi connectivity index (χ0) is 17.8. The molecule has 0 unspecified atom stereocenters. The van der Waals surface area contributed by atoms with Crippen molar-refractivity contribution in [1.82, 2.24) is 10.2 Å². The lowest BCUT2D eigenvalue weighted by atomic mass is 10.0. The molecule has 2 aromatic carbocycles. The number of rotatable bonds is 5. The van der Waals surface area contributed by atoms with E-state index in [2.05, 4.69) is 35.6 Å². The van der Waals surface area contributed by atoms with Crippen LogP contribution in [0.3, 0.4) is 0 Å². The third kappa shape index (κ3) is 3.96. The van der Waals surface area contributed by atoms with Crippen molar-refractivity contribution >= 4 is 16.7 Å². The summed E-state index contributed by atoms with van der Waals surface area (Å²) < 4.78 is 5.58. The lowest BCUT2D eigenvalue weighted by Gasteiger charge is -2.33. The molecule has 1 fully saturated rings. The van der Waals surface area contributed by atoms with Crippen molar-refractivity contribution in [3.8, 4) is 5.75 Å². The number of methoxy groups -OCH3 is 1. The third-order valence-electron chi connectivity index (χ3n) is 5.09. The molecule has 3 rings (SSSR count). The molecule has 0 atom stereocenters. The van der Waals surface area contributed by atoms with Gasteiger partial charge in [0.2, 0.25) is 5.91 Å². The maximum atomic E-state index is 12.1. The van der Waals surface area contributed by atoms with E-state index >= 15 is 0 Å². The number of carbonyl (C=O) groups is 1. The van der Waals surface area contributed by atoms with Gasteiger partial charge in [-0.15, -0.1) is 0 Å². The number of piperidine rings is 1. The maximum Gasteiger partial charge on any atom is 0.225 e. The Morgan fingerprint density at radius 1 is 1.20 bits per heavy atom. The lowest BCUT2D eigenvalue weighted by molar-refractivity contribution is -0.135. The van der Waals surface area contributed by atoms with Gasteiger partial charge in [-0.25, -0.2) is 0 Å². The van der Waals surface area contributed by atoms with Gasteiger partial charge in [0.25, 0.3) is 0 Å². The van der Waals surface area contributed by atoms with Gasteiger partial charge in [0.15, 0.2) is 0 Å². The number of likely N-dealkylation sites (tertiary alicyclic amines) is 1. The van der Waals surface area contributed by atoms with Crippen LogP contribution in [0.2, 0.25) is 0 Å². The van der Waals surface area contributed by atoms with Gasteiger partial charge in [-0.3, -0.25) is 4.79 Å². The van der Waals surface area contributed by atoms with E-state index in [4.69, 9.17) is 4.74 Å². The topological polar surface area (TPSA) is 41.6 Å². The van der Waals surface area contributed by atoms with E-state index in [0.29, 0.717) is 6.04 Å². The number of hydrogen-bond donors (Lipinski definition) is 1. The second-order valence-corrected chi connectivity index (χ2v) is 7.10. The Balaban J connectivity index is 1.65. The molecule has 0 aliphatic carbocycles. The number of fused-ring (bicyclic) bond motifs is 1. The van der Waals surface area contributed by atoms with E-state index < -0.39 is 0 Å². The first-order valence-electron chi connectivity index (χ1n) is 9.17. The summed E-state index contributed by atoms with van der Waals surface area (Å²) >= 11 is 0. The summed E-state index contributed by atoms with van der Waals surface area (Å²) in [5.41, 5.74) is 1.21. The van der Waals surface area contributed by atoms with Gasteiger partial charge < -0.3 is 15.0 Å². The molecule has 4 heteroatoms. The molecule has 0 saturated carbocycles. The normalized spacial score (nSPS) is 15.8. The molecule has 0 spiro atoms. The number of nitrogens with one attached hydrogen (secondary N) is 1. The van der Waals surface area contributed by atoms with E-state index in [1.54, 1.807) is 7.11 Å². The molecule has 1 amide bonds. The fourth-order valence-electron chi connectivity index (χ4n) is 3.61. The number of benzene rings is 2. The van der Waals surface area contributed by atoms with Crippen LogP contribution >= 0.6 is 0 Å². The second-order valence-electron chi connectivity index (χ2n) is 7.10. The van der Waals surface area contributed by atoms with Crippen LogP contribution in [0.5, 0.6) is 5.75 Å². The molecular formula is C21H28N2O2. The third-order valence-corrected chi connectivity index (χ3v) is 5.09. The minimum Gasteiger partial charge on any atom is -0.496 e. The monoisotopic (exact) mass is 340 g/mol. The van der Waals surface area contributed by atoms with E-state index in [-0.39, 0.29) is 11.8 Å². The number of carbonyl (C=O) groups excluding carboxylic acids is 1. The predicted octanol–water partition coefficient (Wildman–Crippen LogP) is 3.59. The molecule has 1 N–H and O–H groups in total. The van der Waals surface area contributed by atoms with E-state index in [0.717, 1.165) is 38.2 Å². The first kappa shape index (κ1) is 17.7. The largest absolute Gasteiger partial charge is 0.496 e. The van der Waals surface area contributed by atoms with Crippen molar-refractivity contribution < 1.29 is 9.53 Å². The zero-order valence-electron chi connectivity index (χ0n) is 15.4. The fraction of sp³-hybridized carbons (Fsp3) is 0.476. The van der Waals surface area contributed by atoms with Crippen LogP contribution in [0.1, 0.15) is 32.3 Å². The van der Waals surface area contributed by atoms with Gasteiger partial charge in [-0.2, -0.15) is 0 Å². The molecular weight excluding hydrogens is 312 g/mol. The van der Waals surface area contributed by atoms with Crippen molar-refractivity contribution in [2.24, 2.45) is 5.92 Å². The summed E-state index contributed by atoms with van der Waals surface area (Å²) in [5.74, 6) is 1.29. The molecule has 1 aliphatic heterocycles. The summed E-state index contributed by atoms with van der Waals surface area (Å²) in [6.07, 6.45) is 2.01. The highest BCUT2D eigenvalue weighted by molar-refractivity contribution is 5.87. The van der Waals surface area contributed by atoms with Crippen LogP contribution < -0.4 is 10.1 Å². The number of hydrogen-bond acceptors (Lipinski definition) is 3.